The van der Waals surface area contributed by atoms with E-state index in [2.05, 4.69) is 124 Å². The third kappa shape index (κ3) is 7.09. The number of fused-ring (bicyclic) bond motifs is 2. The Morgan fingerprint density at radius 1 is 0.771 bits per heavy atom. The molecule has 0 aliphatic rings. The number of imidazole rings is 1. The topological polar surface area (TPSA) is 43.9 Å². The normalized spacial score (nSPS) is 13.7. The van der Waals surface area contributed by atoms with Gasteiger partial charge in [-0.3, -0.25) is 4.98 Å². The number of hydrogen-bond acceptors (Lipinski definition) is 3. The van der Waals surface area contributed by atoms with Crippen LogP contribution in [0.1, 0.15) is 95.3 Å². The molecule has 4 nitrogen and oxygen atoms in total. The fraction of sp³-hybridized carbons (Fsp3) is 0.256. The molecule has 7 aromatic rings. The molecular weight excluding hydrogens is 767 g/mol. The van der Waals surface area contributed by atoms with Crippen LogP contribution in [0.3, 0.4) is 0 Å². The van der Waals surface area contributed by atoms with Gasteiger partial charge in [-0.05, 0) is 59.1 Å². The zero-order valence-corrected chi connectivity index (χ0v) is 30.4. The summed E-state index contributed by atoms with van der Waals surface area (Å²) in [6.07, 6.45) is 4.51. The van der Waals surface area contributed by atoms with Gasteiger partial charge in [0, 0.05) is 52.1 Å². The molecule has 0 atom stereocenters. The van der Waals surface area contributed by atoms with Gasteiger partial charge in [0.2, 0.25) is 0 Å². The molecule has 0 N–H and O–H groups in total. The van der Waals surface area contributed by atoms with Crippen LogP contribution in [0.15, 0.2) is 102 Å². The molecule has 0 aliphatic carbocycles. The van der Waals surface area contributed by atoms with Crippen molar-refractivity contribution >= 4 is 22.0 Å². The summed E-state index contributed by atoms with van der Waals surface area (Å²) in [5.41, 5.74) is 10.5. The van der Waals surface area contributed by atoms with Gasteiger partial charge in [-0.1, -0.05) is 126 Å². The van der Waals surface area contributed by atoms with Gasteiger partial charge in [0.1, 0.15) is 0 Å². The van der Waals surface area contributed by atoms with E-state index in [1.807, 2.05) is 0 Å². The standard InChI is InChI=1S/C30H31N2O.C13H12N.Ir/c1-18(2)21-14-15-28-24(16-21)25(17-33-28)30-31-26-12-7-8-13-27(26)32(30)29-22(19(3)4)10-9-11-23(29)20(5)6;1-10-3-6-12(7-4-10)13-8-5-11(2)9-14-13;/h7-16,18-20H,1-6H3;3-6,8-9H,1-2H3;/q2*-1;/i;1D3,2D3;. The zero-order valence-electron chi connectivity index (χ0n) is 34.1. The first-order valence-corrected chi connectivity index (χ1v) is 16.1. The minimum atomic E-state index is -2.18. The van der Waals surface area contributed by atoms with Crippen molar-refractivity contribution in [1.82, 2.24) is 14.5 Å². The maximum absolute atomic E-state index is 7.28. The minimum Gasteiger partial charge on any atom is -0.557 e. The Hall–Kier alpha value is -4.31. The Kier molecular flexibility index (Phi) is 8.54. The average molecular weight is 816 g/mol. The van der Waals surface area contributed by atoms with Crippen LogP contribution in [0.4, 0.5) is 0 Å². The van der Waals surface area contributed by atoms with Gasteiger partial charge >= 0.3 is 0 Å². The van der Waals surface area contributed by atoms with Crippen LogP contribution in [-0.4, -0.2) is 14.5 Å². The average Bonchev–Trinajstić information content (AvgIpc) is 3.72. The number of para-hydroxylation sites is 3. The van der Waals surface area contributed by atoms with E-state index in [4.69, 9.17) is 17.6 Å². The molecule has 0 aliphatic heterocycles. The van der Waals surface area contributed by atoms with Gasteiger partial charge in [0.05, 0.1) is 16.9 Å². The smallest absolute Gasteiger partial charge is 0.0774 e. The molecule has 0 saturated heterocycles. The van der Waals surface area contributed by atoms with Crippen LogP contribution in [-0.2, 0) is 20.1 Å². The van der Waals surface area contributed by atoms with Crippen molar-refractivity contribution in [1.29, 1.82) is 0 Å². The van der Waals surface area contributed by atoms with E-state index in [1.165, 1.54) is 46.8 Å². The molecule has 0 bridgehead atoms. The van der Waals surface area contributed by atoms with Crippen LogP contribution < -0.4 is 0 Å². The summed E-state index contributed by atoms with van der Waals surface area (Å²) in [5, 5.41) is 1.06. The van der Waals surface area contributed by atoms with Crippen LogP contribution in [0.2, 0.25) is 0 Å². The van der Waals surface area contributed by atoms with Crippen molar-refractivity contribution in [2.45, 2.75) is 73.0 Å². The fourth-order valence-corrected chi connectivity index (χ4v) is 5.85. The molecule has 4 aromatic carbocycles. The van der Waals surface area contributed by atoms with Gasteiger partial charge in [0.25, 0.3) is 0 Å². The second-order valence-corrected chi connectivity index (χ2v) is 12.8. The van der Waals surface area contributed by atoms with Crippen molar-refractivity contribution in [3.05, 3.63) is 137 Å². The summed E-state index contributed by atoms with van der Waals surface area (Å²) < 4.78 is 51.9. The van der Waals surface area contributed by atoms with Crippen LogP contribution >= 0.6 is 0 Å². The van der Waals surface area contributed by atoms with Gasteiger partial charge < -0.3 is 14.0 Å². The second kappa shape index (κ2) is 14.8. The number of nitrogens with zero attached hydrogens (tertiary/aromatic N) is 3. The van der Waals surface area contributed by atoms with E-state index < -0.39 is 13.7 Å². The molecule has 0 saturated carbocycles. The Balaban J connectivity index is 0.000000230. The molecule has 1 radical (unpaired) electrons. The predicted octanol–water partition coefficient (Wildman–Crippen LogP) is 11.8. The van der Waals surface area contributed by atoms with Crippen molar-refractivity contribution in [2.24, 2.45) is 0 Å². The van der Waals surface area contributed by atoms with E-state index in [-0.39, 0.29) is 31.2 Å². The summed E-state index contributed by atoms with van der Waals surface area (Å²) in [6, 6.07) is 31.9. The Bertz CT molecular complexity index is 2270. The summed E-state index contributed by atoms with van der Waals surface area (Å²) in [7, 11) is 0. The predicted molar refractivity (Wildman–Crippen MR) is 195 cm³/mol. The first-order chi connectivity index (χ1) is 25.0. The van der Waals surface area contributed by atoms with E-state index in [9.17, 15) is 0 Å². The largest absolute Gasteiger partial charge is 0.557 e. The number of rotatable bonds is 6. The first-order valence-electron chi connectivity index (χ1n) is 19.1. The monoisotopic (exact) mass is 816 g/mol. The number of benzene rings is 4. The summed E-state index contributed by atoms with van der Waals surface area (Å²) >= 11 is 0. The Morgan fingerprint density at radius 3 is 2.12 bits per heavy atom. The molecule has 0 fully saturated rings. The van der Waals surface area contributed by atoms with E-state index in [0.717, 1.165) is 33.4 Å². The molecule has 247 valence electrons. The van der Waals surface area contributed by atoms with Crippen LogP contribution in [0, 0.1) is 26.0 Å². The summed E-state index contributed by atoms with van der Waals surface area (Å²) in [4.78, 5) is 9.20. The molecule has 3 heterocycles. The summed E-state index contributed by atoms with van der Waals surface area (Å²) in [6.45, 7) is 9.13. The molecule has 48 heavy (non-hydrogen) atoms. The second-order valence-electron chi connectivity index (χ2n) is 12.8. The van der Waals surface area contributed by atoms with E-state index in [0.29, 0.717) is 29.0 Å². The van der Waals surface area contributed by atoms with Gasteiger partial charge in [-0.25, -0.2) is 0 Å². The van der Waals surface area contributed by atoms with Crippen molar-refractivity contribution in [2.75, 3.05) is 0 Å². The third-order valence-electron chi connectivity index (χ3n) is 8.41. The SMILES string of the molecule is CC(C)c1ccc2o[c-]c(-c3nc4ccccc4n3-c3c(C(C)C)cccc3C(C)C)c2c1.[2H]C([2H])([2H])c1c[c-]c(-c2ccc(C([2H])([2H])[2H])cn2)cc1.[Ir]. The first kappa shape index (κ1) is 27.6. The van der Waals surface area contributed by atoms with Gasteiger partial charge in [-0.2, -0.15) is 0 Å². The molecule has 7 rings (SSSR count). The van der Waals surface area contributed by atoms with Gasteiger partial charge in [0.15, 0.2) is 0 Å². The number of hydrogen-bond donors (Lipinski definition) is 0. The number of pyridine rings is 1. The van der Waals surface area contributed by atoms with Crippen molar-refractivity contribution in [3.8, 4) is 28.3 Å². The van der Waals surface area contributed by atoms with Crippen molar-refractivity contribution < 1.29 is 32.7 Å². The fourth-order valence-electron chi connectivity index (χ4n) is 5.85. The summed E-state index contributed by atoms with van der Waals surface area (Å²) in [5.74, 6) is 2.08. The molecule has 0 amide bonds. The Labute approximate surface area is 307 Å². The van der Waals surface area contributed by atoms with Crippen molar-refractivity contribution in [3.63, 3.8) is 0 Å². The molecule has 0 unspecified atom stereocenters. The van der Waals surface area contributed by atoms with Gasteiger partial charge in [-0.15, -0.1) is 35.4 Å². The maximum atomic E-state index is 7.28. The minimum absolute atomic E-state index is 0. The molecule has 5 heteroatoms. The van der Waals surface area contributed by atoms with E-state index >= 15 is 0 Å². The Morgan fingerprint density at radius 2 is 1.50 bits per heavy atom. The number of aryl methyl sites for hydroxylation is 2. The van der Waals surface area contributed by atoms with E-state index in [1.54, 1.807) is 12.1 Å². The zero-order chi connectivity index (χ0) is 38.2. The third-order valence-corrected chi connectivity index (χ3v) is 8.41. The molecular formula is C43H43IrN3O-2. The number of furan rings is 1. The maximum Gasteiger partial charge on any atom is 0.0774 e. The quantitative estimate of drug-likeness (QED) is 0.157. The van der Waals surface area contributed by atoms with Crippen LogP contribution in [0.5, 0.6) is 0 Å². The number of aromatic nitrogens is 3. The van der Waals surface area contributed by atoms with Crippen LogP contribution in [0.25, 0.3) is 50.3 Å². The molecule has 0 spiro atoms. The molecule has 3 aromatic heterocycles.